The van der Waals surface area contributed by atoms with Crippen molar-refractivity contribution in [2.45, 2.75) is 12.8 Å². The van der Waals surface area contributed by atoms with Crippen LogP contribution in [0.2, 0.25) is 0 Å². The molecule has 0 N–H and O–H groups in total. The second-order valence-corrected chi connectivity index (χ2v) is 3.51. The van der Waals surface area contributed by atoms with E-state index < -0.39 is 0 Å². The first-order valence-corrected chi connectivity index (χ1v) is 5.09. The fraction of sp³-hybridized carbons (Fsp3) is 0.364. The number of likely N-dealkylation sites (tertiary alicyclic amines) is 1. The lowest BCUT2D eigenvalue weighted by Gasteiger charge is -2.09. The molecule has 0 spiro atoms. The van der Waals surface area contributed by atoms with Crippen molar-refractivity contribution in [2.24, 2.45) is 0 Å². The van der Waals surface area contributed by atoms with Gasteiger partial charge in [0, 0.05) is 37.8 Å². The molecule has 1 saturated heterocycles. The summed E-state index contributed by atoms with van der Waals surface area (Å²) in [6.45, 7) is 2.09. The summed E-state index contributed by atoms with van der Waals surface area (Å²) in [5.41, 5.74) is 0.396. The monoisotopic (exact) mass is 203 g/mol. The van der Waals surface area contributed by atoms with Gasteiger partial charge in [-0.25, -0.2) is 4.98 Å². The van der Waals surface area contributed by atoms with Crippen LogP contribution in [0, 0.1) is 0 Å². The Morgan fingerprint density at radius 1 is 1.33 bits per heavy atom. The lowest BCUT2D eigenvalue weighted by Crippen LogP contribution is -2.11. The van der Waals surface area contributed by atoms with Crippen molar-refractivity contribution in [2.75, 3.05) is 13.1 Å². The molecule has 1 fully saturated rings. The van der Waals surface area contributed by atoms with Crippen LogP contribution in [-0.2, 0) is 0 Å². The first-order valence-electron chi connectivity index (χ1n) is 5.09. The highest BCUT2D eigenvalue weighted by atomic mass is 16.1. The summed E-state index contributed by atoms with van der Waals surface area (Å²) in [4.78, 5) is 21.5. The molecule has 78 valence electrons. The smallest absolute Gasteiger partial charge is 0.207 e. The van der Waals surface area contributed by atoms with Crippen molar-refractivity contribution in [1.82, 2.24) is 14.9 Å². The highest BCUT2D eigenvalue weighted by Crippen LogP contribution is 2.07. The Morgan fingerprint density at radius 3 is 2.80 bits per heavy atom. The summed E-state index contributed by atoms with van der Waals surface area (Å²) in [7, 11) is 0. The molecular formula is C11H13N3O. The molecule has 0 radical (unpaired) electrons. The quantitative estimate of drug-likeness (QED) is 0.548. The van der Waals surface area contributed by atoms with Gasteiger partial charge in [0.2, 0.25) is 5.78 Å². The first kappa shape index (κ1) is 9.83. The van der Waals surface area contributed by atoms with Crippen LogP contribution in [0.4, 0.5) is 0 Å². The van der Waals surface area contributed by atoms with E-state index in [4.69, 9.17) is 0 Å². The zero-order valence-corrected chi connectivity index (χ0v) is 8.47. The topological polar surface area (TPSA) is 46.1 Å². The van der Waals surface area contributed by atoms with Crippen LogP contribution in [-0.4, -0.2) is 33.7 Å². The van der Waals surface area contributed by atoms with E-state index in [1.165, 1.54) is 25.2 Å². The number of aromatic nitrogens is 2. The lowest BCUT2D eigenvalue weighted by atomic mass is 10.3. The van der Waals surface area contributed by atoms with Crippen molar-refractivity contribution in [3.8, 4) is 0 Å². The second kappa shape index (κ2) is 4.68. The number of hydrogen-bond donors (Lipinski definition) is 0. The van der Waals surface area contributed by atoms with Crippen LogP contribution >= 0.6 is 0 Å². The third-order valence-electron chi connectivity index (χ3n) is 2.39. The Morgan fingerprint density at radius 2 is 2.13 bits per heavy atom. The van der Waals surface area contributed by atoms with Crippen molar-refractivity contribution in [1.29, 1.82) is 0 Å². The van der Waals surface area contributed by atoms with E-state index in [1.54, 1.807) is 12.3 Å². The van der Waals surface area contributed by atoms with E-state index in [0.29, 0.717) is 5.69 Å². The van der Waals surface area contributed by atoms with Crippen LogP contribution < -0.4 is 0 Å². The Hall–Kier alpha value is -1.71. The third kappa shape index (κ3) is 2.62. The molecule has 1 aromatic rings. The predicted molar refractivity (Wildman–Crippen MR) is 56.3 cm³/mol. The molecule has 1 aromatic heterocycles. The molecule has 0 aliphatic carbocycles. The second-order valence-electron chi connectivity index (χ2n) is 3.51. The van der Waals surface area contributed by atoms with Gasteiger partial charge in [-0.15, -0.1) is 0 Å². The van der Waals surface area contributed by atoms with Gasteiger partial charge in [0.1, 0.15) is 5.69 Å². The molecule has 0 bridgehead atoms. The molecule has 1 aliphatic heterocycles. The molecule has 4 heteroatoms. The lowest BCUT2D eigenvalue weighted by molar-refractivity contribution is 0.104. The molecule has 15 heavy (non-hydrogen) atoms. The number of carbonyl (C=O) groups is 1. The van der Waals surface area contributed by atoms with E-state index in [1.807, 2.05) is 6.20 Å². The van der Waals surface area contributed by atoms with E-state index >= 15 is 0 Å². The summed E-state index contributed by atoms with van der Waals surface area (Å²) in [6.07, 6.45) is 10.4. The summed E-state index contributed by atoms with van der Waals surface area (Å²) in [6, 6.07) is 0. The Bertz CT molecular complexity index is 355. The number of ketones is 1. The molecule has 2 heterocycles. The van der Waals surface area contributed by atoms with Gasteiger partial charge in [-0.05, 0) is 12.8 Å². The van der Waals surface area contributed by atoms with Gasteiger partial charge in [0.15, 0.2) is 0 Å². The molecule has 0 saturated carbocycles. The van der Waals surface area contributed by atoms with Crippen LogP contribution in [0.1, 0.15) is 23.3 Å². The molecule has 0 amide bonds. The third-order valence-corrected chi connectivity index (χ3v) is 2.39. The molecule has 0 unspecified atom stereocenters. The molecule has 4 nitrogen and oxygen atoms in total. The van der Waals surface area contributed by atoms with Crippen molar-refractivity contribution in [3.05, 3.63) is 36.6 Å². The van der Waals surface area contributed by atoms with Gasteiger partial charge in [0.25, 0.3) is 0 Å². The zero-order chi connectivity index (χ0) is 10.5. The number of allylic oxidation sites excluding steroid dienone is 1. The fourth-order valence-corrected chi connectivity index (χ4v) is 1.58. The Kier molecular flexibility index (Phi) is 3.07. The molecule has 0 atom stereocenters. The van der Waals surface area contributed by atoms with E-state index in [2.05, 4.69) is 14.9 Å². The predicted octanol–water partition coefficient (Wildman–Crippen LogP) is 1.27. The summed E-state index contributed by atoms with van der Waals surface area (Å²) in [5.74, 6) is -0.0880. The SMILES string of the molecule is O=C(C=CN1CCCC1)c1cnccn1. The zero-order valence-electron chi connectivity index (χ0n) is 8.47. The fourth-order valence-electron chi connectivity index (χ4n) is 1.58. The van der Waals surface area contributed by atoms with Gasteiger partial charge in [-0.3, -0.25) is 9.78 Å². The maximum atomic E-state index is 11.6. The molecular weight excluding hydrogens is 190 g/mol. The summed E-state index contributed by atoms with van der Waals surface area (Å²) < 4.78 is 0. The highest BCUT2D eigenvalue weighted by molar-refractivity contribution is 6.02. The van der Waals surface area contributed by atoms with Crippen LogP contribution in [0.5, 0.6) is 0 Å². The molecule has 0 aromatic carbocycles. The Labute approximate surface area is 88.7 Å². The van der Waals surface area contributed by atoms with Gasteiger partial charge in [-0.2, -0.15) is 0 Å². The minimum absolute atomic E-state index is 0.0880. The Balaban J connectivity index is 1.97. The van der Waals surface area contributed by atoms with Gasteiger partial charge in [0.05, 0.1) is 6.20 Å². The molecule has 1 aliphatic rings. The maximum absolute atomic E-state index is 11.6. The van der Waals surface area contributed by atoms with Crippen LogP contribution in [0.25, 0.3) is 0 Å². The van der Waals surface area contributed by atoms with Crippen LogP contribution in [0.3, 0.4) is 0 Å². The average molecular weight is 203 g/mol. The van der Waals surface area contributed by atoms with E-state index in [-0.39, 0.29) is 5.78 Å². The molecule has 2 rings (SSSR count). The first-order chi connectivity index (χ1) is 7.36. The largest absolute Gasteiger partial charge is 0.377 e. The normalized spacial score (nSPS) is 16.1. The van der Waals surface area contributed by atoms with Gasteiger partial charge in [-0.1, -0.05) is 0 Å². The highest BCUT2D eigenvalue weighted by Gasteiger charge is 2.08. The minimum Gasteiger partial charge on any atom is -0.377 e. The number of rotatable bonds is 3. The van der Waals surface area contributed by atoms with Crippen molar-refractivity contribution < 1.29 is 4.79 Å². The van der Waals surface area contributed by atoms with Crippen molar-refractivity contribution in [3.63, 3.8) is 0 Å². The van der Waals surface area contributed by atoms with E-state index in [0.717, 1.165) is 13.1 Å². The van der Waals surface area contributed by atoms with Gasteiger partial charge < -0.3 is 4.90 Å². The minimum atomic E-state index is -0.0880. The number of nitrogens with zero attached hydrogens (tertiary/aromatic N) is 3. The summed E-state index contributed by atoms with van der Waals surface area (Å²) in [5, 5.41) is 0. The van der Waals surface area contributed by atoms with Crippen molar-refractivity contribution >= 4 is 5.78 Å². The maximum Gasteiger partial charge on any atom is 0.207 e. The number of hydrogen-bond acceptors (Lipinski definition) is 4. The van der Waals surface area contributed by atoms with Gasteiger partial charge >= 0.3 is 0 Å². The van der Waals surface area contributed by atoms with Crippen LogP contribution in [0.15, 0.2) is 30.9 Å². The average Bonchev–Trinajstić information content (AvgIpc) is 2.80. The summed E-state index contributed by atoms with van der Waals surface area (Å²) >= 11 is 0. The standard InChI is InChI=1S/C11H13N3O/c15-11(10-9-12-4-5-13-10)3-8-14-6-1-2-7-14/h3-5,8-9H,1-2,6-7H2. The number of carbonyl (C=O) groups excluding carboxylic acids is 1. The van der Waals surface area contributed by atoms with E-state index in [9.17, 15) is 4.79 Å².